The van der Waals surface area contributed by atoms with E-state index in [0.29, 0.717) is 43.2 Å². The number of pyridine rings is 1. The molecule has 12 heteroatoms. The number of piperazine rings is 1. The molecule has 1 atom stereocenters. The highest BCUT2D eigenvalue weighted by Crippen LogP contribution is 2.40. The molecule has 1 fully saturated rings. The SMILES string of the molecule is COc1cc(N2CCN(C(C=O)n3nc(C(F)(F)F)c(Cl)c3-c3ccccn3)CC2)ccc1Cl. The van der Waals surface area contributed by atoms with E-state index in [4.69, 9.17) is 27.9 Å². The summed E-state index contributed by atoms with van der Waals surface area (Å²) < 4.78 is 47.0. The van der Waals surface area contributed by atoms with Crippen LogP contribution >= 0.6 is 23.2 Å². The van der Waals surface area contributed by atoms with Crippen LogP contribution in [0.3, 0.4) is 0 Å². The van der Waals surface area contributed by atoms with Gasteiger partial charge in [-0.15, -0.1) is 0 Å². The molecule has 1 aromatic carbocycles. The van der Waals surface area contributed by atoms with Gasteiger partial charge in [-0.1, -0.05) is 29.3 Å². The summed E-state index contributed by atoms with van der Waals surface area (Å²) in [5.74, 6) is 0.540. The van der Waals surface area contributed by atoms with E-state index in [0.717, 1.165) is 10.4 Å². The van der Waals surface area contributed by atoms with Crippen LogP contribution in [0.1, 0.15) is 11.9 Å². The van der Waals surface area contributed by atoms with Gasteiger partial charge in [0.05, 0.1) is 17.8 Å². The van der Waals surface area contributed by atoms with E-state index >= 15 is 0 Å². The summed E-state index contributed by atoms with van der Waals surface area (Å²) in [4.78, 5) is 20.1. The van der Waals surface area contributed by atoms with Gasteiger partial charge in [-0.25, -0.2) is 4.68 Å². The molecule has 2 aromatic heterocycles. The lowest BCUT2D eigenvalue weighted by Crippen LogP contribution is -2.49. The topological polar surface area (TPSA) is 63.5 Å². The average molecular weight is 514 g/mol. The maximum atomic E-state index is 13.6. The first kappa shape index (κ1) is 24.3. The van der Waals surface area contributed by atoms with Crippen LogP contribution in [0.15, 0.2) is 42.6 Å². The number of carbonyl (C=O) groups excluding carboxylic acids is 1. The number of nitrogens with zero attached hydrogens (tertiary/aromatic N) is 5. The molecule has 4 rings (SSSR count). The minimum absolute atomic E-state index is 0.0587. The molecule has 0 radical (unpaired) electrons. The number of aromatic nitrogens is 3. The van der Waals surface area contributed by atoms with Crippen LogP contribution in [-0.2, 0) is 11.0 Å². The minimum Gasteiger partial charge on any atom is -0.495 e. The van der Waals surface area contributed by atoms with Crippen molar-refractivity contribution in [3.8, 4) is 17.1 Å². The van der Waals surface area contributed by atoms with Crippen LogP contribution in [0.4, 0.5) is 18.9 Å². The molecule has 1 saturated heterocycles. The summed E-state index contributed by atoms with van der Waals surface area (Å²) in [7, 11) is 1.53. The van der Waals surface area contributed by atoms with Gasteiger partial charge in [0.25, 0.3) is 0 Å². The number of halogens is 5. The van der Waals surface area contributed by atoms with Gasteiger partial charge in [0.2, 0.25) is 0 Å². The molecule has 7 nitrogen and oxygen atoms in total. The second-order valence-electron chi connectivity index (χ2n) is 7.56. The molecule has 1 aliphatic rings. The molecule has 3 heterocycles. The van der Waals surface area contributed by atoms with Crippen molar-refractivity contribution in [2.24, 2.45) is 0 Å². The predicted molar refractivity (Wildman–Crippen MR) is 122 cm³/mol. The second-order valence-corrected chi connectivity index (χ2v) is 8.35. The summed E-state index contributed by atoms with van der Waals surface area (Å²) >= 11 is 12.2. The molecule has 0 saturated carbocycles. The third-order valence-corrected chi connectivity index (χ3v) is 6.26. The number of ether oxygens (including phenoxy) is 1. The molecule has 0 N–H and O–H groups in total. The van der Waals surface area contributed by atoms with Gasteiger partial charge in [-0.05, 0) is 24.3 Å². The van der Waals surface area contributed by atoms with E-state index in [9.17, 15) is 18.0 Å². The van der Waals surface area contributed by atoms with Crippen LogP contribution in [-0.4, -0.2) is 59.2 Å². The summed E-state index contributed by atoms with van der Waals surface area (Å²) in [6, 6.07) is 10.2. The number of hydrogen-bond acceptors (Lipinski definition) is 6. The zero-order chi connectivity index (χ0) is 24.5. The Hall–Kier alpha value is -2.82. The second kappa shape index (κ2) is 9.81. The maximum Gasteiger partial charge on any atom is 0.436 e. The number of aldehydes is 1. The number of methoxy groups -OCH3 is 1. The Balaban J connectivity index is 1.63. The third-order valence-electron chi connectivity index (χ3n) is 5.59. The van der Waals surface area contributed by atoms with Crippen LogP contribution in [0.25, 0.3) is 11.4 Å². The number of rotatable bonds is 6. The quantitative estimate of drug-likeness (QED) is 0.441. The highest BCUT2D eigenvalue weighted by atomic mass is 35.5. The normalized spacial score (nSPS) is 15.9. The smallest absolute Gasteiger partial charge is 0.436 e. The first-order valence-electron chi connectivity index (χ1n) is 10.3. The third kappa shape index (κ3) is 4.70. The van der Waals surface area contributed by atoms with Crippen LogP contribution < -0.4 is 9.64 Å². The lowest BCUT2D eigenvalue weighted by Gasteiger charge is -2.38. The minimum atomic E-state index is -4.79. The first-order valence-corrected chi connectivity index (χ1v) is 11.0. The van der Waals surface area contributed by atoms with Crippen molar-refractivity contribution in [1.29, 1.82) is 0 Å². The molecule has 34 heavy (non-hydrogen) atoms. The van der Waals surface area contributed by atoms with Crippen molar-refractivity contribution in [2.75, 3.05) is 38.2 Å². The van der Waals surface area contributed by atoms with E-state index in [2.05, 4.69) is 15.0 Å². The van der Waals surface area contributed by atoms with Crippen molar-refractivity contribution in [2.45, 2.75) is 12.3 Å². The lowest BCUT2D eigenvalue weighted by molar-refractivity contribution is -0.142. The summed E-state index contributed by atoms with van der Waals surface area (Å²) in [6.07, 6.45) is -3.87. The number of alkyl halides is 3. The fourth-order valence-corrected chi connectivity index (χ4v) is 4.43. The molecule has 0 bridgehead atoms. The summed E-state index contributed by atoms with van der Waals surface area (Å²) in [5, 5.41) is 3.61. The van der Waals surface area contributed by atoms with Crippen LogP contribution in [0.5, 0.6) is 5.75 Å². The van der Waals surface area contributed by atoms with Crippen molar-refractivity contribution in [1.82, 2.24) is 19.7 Å². The van der Waals surface area contributed by atoms with Crippen molar-refractivity contribution < 1.29 is 22.7 Å². The fraction of sp³-hybridized carbons (Fsp3) is 0.318. The zero-order valence-electron chi connectivity index (χ0n) is 18.0. The largest absolute Gasteiger partial charge is 0.495 e. The Morgan fingerprint density at radius 3 is 2.44 bits per heavy atom. The first-order chi connectivity index (χ1) is 16.2. The van der Waals surface area contributed by atoms with Crippen molar-refractivity contribution in [3.63, 3.8) is 0 Å². The van der Waals surface area contributed by atoms with Gasteiger partial charge in [-0.3, -0.25) is 14.7 Å². The maximum absolute atomic E-state index is 13.6. The van der Waals surface area contributed by atoms with Gasteiger partial charge < -0.3 is 9.64 Å². The van der Waals surface area contributed by atoms with E-state index in [1.165, 1.54) is 19.4 Å². The van der Waals surface area contributed by atoms with Crippen LogP contribution in [0.2, 0.25) is 10.0 Å². The zero-order valence-corrected chi connectivity index (χ0v) is 19.5. The Morgan fingerprint density at radius 1 is 1.12 bits per heavy atom. The number of anilines is 1. The van der Waals surface area contributed by atoms with Crippen molar-refractivity contribution in [3.05, 3.63) is 58.3 Å². The van der Waals surface area contributed by atoms with Gasteiger partial charge >= 0.3 is 6.18 Å². The number of carbonyl (C=O) groups is 1. The highest BCUT2D eigenvalue weighted by Gasteiger charge is 2.41. The van der Waals surface area contributed by atoms with Crippen molar-refractivity contribution >= 4 is 35.2 Å². The number of benzene rings is 1. The fourth-order valence-electron chi connectivity index (χ4n) is 3.91. The molecule has 3 aromatic rings. The van der Waals surface area contributed by atoms with E-state index in [-0.39, 0.29) is 11.4 Å². The van der Waals surface area contributed by atoms with E-state index in [1.807, 2.05) is 12.1 Å². The molecular formula is C22H20Cl2F3N5O2. The van der Waals surface area contributed by atoms with Crippen LogP contribution in [0, 0.1) is 0 Å². The molecule has 0 amide bonds. The summed E-state index contributed by atoms with van der Waals surface area (Å²) in [5.41, 5.74) is -0.237. The average Bonchev–Trinajstić information content (AvgIpc) is 3.18. The van der Waals surface area contributed by atoms with Gasteiger partial charge in [0.1, 0.15) is 16.5 Å². The predicted octanol–water partition coefficient (Wildman–Crippen LogP) is 4.80. The molecule has 1 aliphatic heterocycles. The molecule has 0 spiro atoms. The van der Waals surface area contributed by atoms with E-state index in [1.54, 1.807) is 23.1 Å². The Labute approximate surface area is 203 Å². The molecular weight excluding hydrogens is 494 g/mol. The molecule has 180 valence electrons. The monoisotopic (exact) mass is 513 g/mol. The van der Waals surface area contributed by atoms with E-state index < -0.39 is 23.1 Å². The molecule has 1 unspecified atom stereocenters. The number of hydrogen-bond donors (Lipinski definition) is 0. The summed E-state index contributed by atoms with van der Waals surface area (Å²) in [6.45, 7) is 1.84. The standard InChI is InChI=1S/C22H20Cl2F3N5O2/c1-34-17-12-14(5-6-15(17)23)30-8-10-31(11-9-30)18(13-33)32-20(16-4-2-3-7-28-16)19(24)21(29-32)22(25,26)27/h2-7,12-13,18H,8-11H2,1H3. The molecule has 0 aliphatic carbocycles. The van der Waals surface area contributed by atoms with Gasteiger partial charge in [0.15, 0.2) is 18.1 Å². The van der Waals surface area contributed by atoms with Gasteiger partial charge in [-0.2, -0.15) is 18.3 Å². The van der Waals surface area contributed by atoms with Gasteiger partial charge in [0, 0.05) is 44.1 Å². The highest BCUT2D eigenvalue weighted by molar-refractivity contribution is 6.33. The Kier molecular flexibility index (Phi) is 7.01. The Bertz CT molecular complexity index is 1170. The Morgan fingerprint density at radius 2 is 1.85 bits per heavy atom. The lowest BCUT2D eigenvalue weighted by atomic mass is 10.2.